The Labute approximate surface area is 157 Å². The minimum Gasteiger partial charge on any atom is -0.408 e. The zero-order valence-electron chi connectivity index (χ0n) is 15.0. The summed E-state index contributed by atoms with van der Waals surface area (Å²) in [6, 6.07) is 3.61. The fourth-order valence-electron chi connectivity index (χ4n) is 4.33. The van der Waals surface area contributed by atoms with Gasteiger partial charge in [-0.25, -0.2) is 26.4 Å². The summed E-state index contributed by atoms with van der Waals surface area (Å²) in [5.74, 6) is -0.558. The topological polar surface area (TPSA) is 119 Å². The molecule has 3 heterocycles. The number of aryl methyl sites for hydroxylation is 1. The van der Waals surface area contributed by atoms with E-state index in [9.17, 15) is 21.6 Å². The zero-order valence-corrected chi connectivity index (χ0v) is 16.6. The molecule has 11 heteroatoms. The van der Waals surface area contributed by atoms with Crippen molar-refractivity contribution in [3.05, 3.63) is 28.7 Å². The van der Waals surface area contributed by atoms with Crippen LogP contribution in [-0.4, -0.2) is 50.1 Å². The average Bonchev–Trinajstić information content (AvgIpc) is 3.01. The largest absolute Gasteiger partial charge is 0.419 e. The van der Waals surface area contributed by atoms with E-state index < -0.39 is 25.8 Å². The number of aromatic nitrogens is 1. The molecule has 9 nitrogen and oxygen atoms in total. The van der Waals surface area contributed by atoms with Gasteiger partial charge in [0.15, 0.2) is 5.58 Å². The van der Waals surface area contributed by atoms with Crippen LogP contribution in [0.2, 0.25) is 0 Å². The molecule has 27 heavy (non-hydrogen) atoms. The van der Waals surface area contributed by atoms with Crippen molar-refractivity contribution < 1.29 is 21.3 Å². The third-order valence-electron chi connectivity index (χ3n) is 5.44. The van der Waals surface area contributed by atoms with E-state index in [1.165, 1.54) is 40.4 Å². The molecule has 2 saturated heterocycles. The Kier molecular flexibility index (Phi) is 4.26. The molecule has 2 bridgehead atoms. The Balaban J connectivity index is 1.58. The molecule has 2 aliphatic heterocycles. The van der Waals surface area contributed by atoms with E-state index in [0.29, 0.717) is 23.9 Å². The van der Waals surface area contributed by atoms with Crippen LogP contribution in [0.5, 0.6) is 0 Å². The molecular weight excluding hydrogens is 394 g/mol. The van der Waals surface area contributed by atoms with Gasteiger partial charge in [-0.15, -0.1) is 0 Å². The van der Waals surface area contributed by atoms with E-state index in [4.69, 9.17) is 4.42 Å². The van der Waals surface area contributed by atoms with Gasteiger partial charge < -0.3 is 4.42 Å². The summed E-state index contributed by atoms with van der Waals surface area (Å²) in [6.45, 7) is 0. The average molecular weight is 415 g/mol. The first-order valence-electron chi connectivity index (χ1n) is 8.67. The molecule has 0 amide bonds. The maximum absolute atomic E-state index is 12.8. The van der Waals surface area contributed by atoms with E-state index in [1.54, 1.807) is 0 Å². The molecule has 2 aromatic rings. The highest BCUT2D eigenvalue weighted by Crippen LogP contribution is 2.37. The van der Waals surface area contributed by atoms with Crippen LogP contribution < -0.4 is 10.5 Å². The van der Waals surface area contributed by atoms with E-state index in [1.807, 2.05) is 0 Å². The lowest BCUT2D eigenvalue weighted by Gasteiger charge is -2.37. The predicted molar refractivity (Wildman–Crippen MR) is 98.3 cm³/mol. The van der Waals surface area contributed by atoms with Gasteiger partial charge in [0.25, 0.3) is 0 Å². The number of sulfonamides is 2. The third kappa shape index (κ3) is 3.22. The Morgan fingerprint density at radius 2 is 1.74 bits per heavy atom. The van der Waals surface area contributed by atoms with Crippen LogP contribution in [0.25, 0.3) is 11.1 Å². The van der Waals surface area contributed by atoms with Crippen molar-refractivity contribution in [2.75, 3.05) is 6.26 Å². The Morgan fingerprint density at radius 1 is 1.11 bits per heavy atom. The fraction of sp³-hybridized carbons (Fsp3) is 0.562. The van der Waals surface area contributed by atoms with Gasteiger partial charge in [-0.1, -0.05) is 0 Å². The second-order valence-electron chi connectivity index (χ2n) is 7.32. The second-order valence-corrected chi connectivity index (χ2v) is 10.9. The first-order chi connectivity index (χ1) is 12.6. The number of benzene rings is 1. The molecule has 2 fully saturated rings. The van der Waals surface area contributed by atoms with Crippen molar-refractivity contribution in [1.82, 2.24) is 13.6 Å². The van der Waals surface area contributed by atoms with E-state index >= 15 is 0 Å². The molecule has 2 atom stereocenters. The van der Waals surface area contributed by atoms with Gasteiger partial charge in [0.1, 0.15) is 0 Å². The SMILES string of the molecule is Cn1c(=O)oc2ccc(S(=O)(=O)NC3CC4CCC(C3)N4S(C)(=O)=O)cc21. The fourth-order valence-corrected chi connectivity index (χ4v) is 7.08. The van der Waals surface area contributed by atoms with Crippen LogP contribution in [0.3, 0.4) is 0 Å². The minimum absolute atomic E-state index is 0.0456. The summed E-state index contributed by atoms with van der Waals surface area (Å²) in [6.07, 6.45) is 3.61. The Hall–Kier alpha value is -1.69. The van der Waals surface area contributed by atoms with Crippen molar-refractivity contribution in [2.45, 2.75) is 48.7 Å². The molecule has 0 aliphatic carbocycles. The van der Waals surface area contributed by atoms with Gasteiger partial charge in [-0.3, -0.25) is 4.57 Å². The van der Waals surface area contributed by atoms with E-state index in [2.05, 4.69) is 4.72 Å². The zero-order chi connectivity index (χ0) is 19.6. The second kappa shape index (κ2) is 6.16. The van der Waals surface area contributed by atoms with Gasteiger partial charge in [-0.05, 0) is 43.9 Å². The van der Waals surface area contributed by atoms with Crippen LogP contribution in [-0.2, 0) is 27.1 Å². The lowest BCUT2D eigenvalue weighted by molar-refractivity contribution is 0.221. The molecule has 1 aromatic carbocycles. The Bertz CT molecular complexity index is 1150. The molecule has 148 valence electrons. The van der Waals surface area contributed by atoms with Gasteiger partial charge in [-0.2, -0.15) is 4.31 Å². The summed E-state index contributed by atoms with van der Waals surface area (Å²) in [4.78, 5) is 11.6. The minimum atomic E-state index is -3.81. The highest BCUT2D eigenvalue weighted by molar-refractivity contribution is 7.89. The molecule has 4 rings (SSSR count). The molecule has 0 saturated carbocycles. The lowest BCUT2D eigenvalue weighted by Crippen LogP contribution is -2.51. The first-order valence-corrected chi connectivity index (χ1v) is 12.0. The summed E-state index contributed by atoms with van der Waals surface area (Å²) >= 11 is 0. The van der Waals surface area contributed by atoms with E-state index in [0.717, 1.165) is 12.8 Å². The monoisotopic (exact) mass is 415 g/mol. The van der Waals surface area contributed by atoms with Gasteiger partial charge in [0.05, 0.1) is 16.7 Å². The number of rotatable bonds is 4. The lowest BCUT2D eigenvalue weighted by atomic mass is 10.0. The summed E-state index contributed by atoms with van der Waals surface area (Å²) < 4.78 is 60.1. The van der Waals surface area contributed by atoms with Crippen LogP contribution in [0, 0.1) is 0 Å². The van der Waals surface area contributed by atoms with Gasteiger partial charge in [0, 0.05) is 25.2 Å². The standard InChI is InChI=1S/C16H21N3O6S2/c1-18-14-9-13(5-6-15(14)25-16(18)20)27(23,24)17-10-7-11-3-4-12(8-10)19(11)26(2,21)22/h5-6,9-12,17H,3-4,7-8H2,1-2H3. The van der Waals surface area contributed by atoms with Crippen LogP contribution >= 0.6 is 0 Å². The van der Waals surface area contributed by atoms with Crippen molar-refractivity contribution >= 4 is 31.1 Å². The molecular formula is C16H21N3O6S2. The van der Waals surface area contributed by atoms with Crippen LogP contribution in [0.4, 0.5) is 0 Å². The van der Waals surface area contributed by atoms with Crippen molar-refractivity contribution in [1.29, 1.82) is 0 Å². The van der Waals surface area contributed by atoms with Gasteiger partial charge >= 0.3 is 5.76 Å². The molecule has 1 aromatic heterocycles. The maximum Gasteiger partial charge on any atom is 0.419 e. The predicted octanol–water partition coefficient (Wildman–Crippen LogP) is 0.365. The Morgan fingerprint density at radius 3 is 2.33 bits per heavy atom. The van der Waals surface area contributed by atoms with Crippen LogP contribution in [0.1, 0.15) is 25.7 Å². The summed E-state index contributed by atoms with van der Waals surface area (Å²) in [7, 11) is -5.59. The summed E-state index contributed by atoms with van der Waals surface area (Å²) in [5, 5.41) is 0. The first kappa shape index (κ1) is 18.7. The molecule has 0 spiro atoms. The molecule has 0 radical (unpaired) electrons. The number of fused-ring (bicyclic) bond motifs is 3. The highest BCUT2D eigenvalue weighted by atomic mass is 32.2. The van der Waals surface area contributed by atoms with Crippen LogP contribution in [0.15, 0.2) is 32.3 Å². The van der Waals surface area contributed by atoms with Crippen molar-refractivity contribution in [2.24, 2.45) is 7.05 Å². The third-order valence-corrected chi connectivity index (χ3v) is 8.32. The van der Waals surface area contributed by atoms with Crippen molar-refractivity contribution in [3.8, 4) is 0 Å². The quantitative estimate of drug-likeness (QED) is 0.770. The number of hydrogen-bond acceptors (Lipinski definition) is 6. The van der Waals surface area contributed by atoms with Crippen molar-refractivity contribution in [3.63, 3.8) is 0 Å². The molecule has 1 N–H and O–H groups in total. The number of hydrogen-bond donors (Lipinski definition) is 1. The number of oxazole rings is 1. The normalized spacial score (nSPS) is 26.7. The number of nitrogens with zero attached hydrogens (tertiary/aromatic N) is 2. The molecule has 2 unspecified atom stereocenters. The number of nitrogens with one attached hydrogen (secondary N) is 1. The summed E-state index contributed by atoms with van der Waals surface area (Å²) in [5.41, 5.74) is 0.718. The number of piperidine rings is 1. The van der Waals surface area contributed by atoms with Gasteiger partial charge in [0.2, 0.25) is 20.0 Å². The molecule has 2 aliphatic rings. The maximum atomic E-state index is 12.8. The highest BCUT2D eigenvalue weighted by Gasteiger charge is 2.46. The van der Waals surface area contributed by atoms with E-state index in [-0.39, 0.29) is 23.0 Å². The smallest absolute Gasteiger partial charge is 0.408 e.